The Morgan fingerprint density at radius 2 is 2.33 bits per heavy atom. The van der Waals surface area contributed by atoms with Gasteiger partial charge in [-0.1, -0.05) is 0 Å². The van der Waals surface area contributed by atoms with E-state index < -0.39 is 0 Å². The van der Waals surface area contributed by atoms with Gasteiger partial charge in [-0.3, -0.25) is 4.90 Å². The fraction of sp³-hybridized carbons (Fsp3) is 0.727. The van der Waals surface area contributed by atoms with Crippen molar-refractivity contribution in [2.24, 2.45) is 5.92 Å². The smallest absolute Gasteiger partial charge is 0.107 e. The summed E-state index contributed by atoms with van der Waals surface area (Å²) in [5.74, 6) is 0.708. The number of thiazole rings is 1. The number of hydrogen-bond acceptors (Lipinski definition) is 3. The second-order valence-corrected chi connectivity index (χ2v) is 5.88. The largest absolute Gasteiger partial charge is 0.297 e. The average Bonchev–Trinajstić information content (AvgIpc) is 2.71. The molecule has 0 aliphatic carbocycles. The van der Waals surface area contributed by atoms with Crippen molar-refractivity contribution in [3.8, 4) is 0 Å². The summed E-state index contributed by atoms with van der Waals surface area (Å²) in [6.45, 7) is 5.46. The van der Waals surface area contributed by atoms with Crippen molar-refractivity contribution in [2.75, 3.05) is 13.1 Å². The zero-order valence-corrected chi connectivity index (χ0v) is 10.6. The van der Waals surface area contributed by atoms with Gasteiger partial charge in [0.25, 0.3) is 0 Å². The van der Waals surface area contributed by atoms with Crippen LogP contribution in [0, 0.1) is 5.92 Å². The summed E-state index contributed by atoms with van der Waals surface area (Å²) in [7, 11) is 0. The standard InChI is InChI=1S/C11H17ClN2S/c1-9(12)10-2-5-14(6-3-10)8-11-13-4-7-15-11/h4,7,9-10H,2-3,5-6,8H2,1H3. The highest BCUT2D eigenvalue weighted by atomic mass is 35.5. The zero-order chi connectivity index (χ0) is 10.7. The summed E-state index contributed by atoms with van der Waals surface area (Å²) in [6, 6.07) is 0. The lowest BCUT2D eigenvalue weighted by Gasteiger charge is -2.32. The molecule has 0 saturated carbocycles. The van der Waals surface area contributed by atoms with Crippen LogP contribution in [0.5, 0.6) is 0 Å². The van der Waals surface area contributed by atoms with Crippen LogP contribution in [0.3, 0.4) is 0 Å². The molecule has 2 heterocycles. The van der Waals surface area contributed by atoms with Gasteiger partial charge in [0.1, 0.15) is 5.01 Å². The maximum absolute atomic E-state index is 6.12. The highest BCUT2D eigenvalue weighted by Crippen LogP contribution is 2.24. The first-order valence-electron chi connectivity index (χ1n) is 5.50. The van der Waals surface area contributed by atoms with Gasteiger partial charge >= 0.3 is 0 Å². The molecule has 1 aliphatic rings. The van der Waals surface area contributed by atoms with Crippen LogP contribution in [0.25, 0.3) is 0 Å². The molecule has 0 radical (unpaired) electrons. The molecule has 0 spiro atoms. The van der Waals surface area contributed by atoms with Crippen molar-refractivity contribution >= 4 is 22.9 Å². The average molecular weight is 245 g/mol. The minimum Gasteiger partial charge on any atom is -0.297 e. The van der Waals surface area contributed by atoms with Gasteiger partial charge in [0.05, 0.1) is 6.54 Å². The monoisotopic (exact) mass is 244 g/mol. The first kappa shape index (κ1) is 11.4. The third-order valence-corrected chi connectivity index (χ3v) is 4.24. The van der Waals surface area contributed by atoms with Crippen molar-refractivity contribution in [2.45, 2.75) is 31.7 Å². The SMILES string of the molecule is CC(Cl)C1CCN(Cc2nccs2)CC1. The maximum Gasteiger partial charge on any atom is 0.107 e. The normalized spacial score (nSPS) is 21.7. The molecule has 1 atom stereocenters. The number of hydrogen-bond donors (Lipinski definition) is 0. The minimum atomic E-state index is 0.326. The molecule has 84 valence electrons. The molecule has 1 unspecified atom stereocenters. The van der Waals surface area contributed by atoms with Gasteiger partial charge in [0, 0.05) is 17.0 Å². The first-order valence-corrected chi connectivity index (χ1v) is 6.82. The Morgan fingerprint density at radius 3 is 2.87 bits per heavy atom. The lowest BCUT2D eigenvalue weighted by Crippen LogP contribution is -2.35. The fourth-order valence-electron chi connectivity index (χ4n) is 2.09. The quantitative estimate of drug-likeness (QED) is 0.760. The molecular weight excluding hydrogens is 228 g/mol. The molecule has 1 aromatic rings. The van der Waals surface area contributed by atoms with Crippen LogP contribution in [0.2, 0.25) is 0 Å². The molecule has 2 rings (SSSR count). The van der Waals surface area contributed by atoms with E-state index in [0.29, 0.717) is 11.3 Å². The van der Waals surface area contributed by atoms with Crippen LogP contribution >= 0.6 is 22.9 Å². The summed E-state index contributed by atoms with van der Waals surface area (Å²) in [5.41, 5.74) is 0. The first-order chi connectivity index (χ1) is 7.25. The highest BCUT2D eigenvalue weighted by Gasteiger charge is 2.22. The Bertz CT molecular complexity index is 279. The Hall–Kier alpha value is -0.120. The molecule has 1 aliphatic heterocycles. The van der Waals surface area contributed by atoms with Gasteiger partial charge in [-0.25, -0.2) is 4.98 Å². The molecule has 1 saturated heterocycles. The number of rotatable bonds is 3. The van der Waals surface area contributed by atoms with Crippen LogP contribution in [-0.4, -0.2) is 28.4 Å². The number of halogens is 1. The van der Waals surface area contributed by atoms with Gasteiger partial charge in [0.15, 0.2) is 0 Å². The summed E-state index contributed by atoms with van der Waals surface area (Å²) in [6.07, 6.45) is 4.35. The van der Waals surface area contributed by atoms with Crippen molar-refractivity contribution < 1.29 is 0 Å². The number of likely N-dealkylation sites (tertiary alicyclic amines) is 1. The molecular formula is C11H17ClN2S. The lowest BCUT2D eigenvalue weighted by molar-refractivity contribution is 0.176. The molecule has 1 aromatic heterocycles. The van der Waals surface area contributed by atoms with E-state index in [0.717, 1.165) is 6.54 Å². The van der Waals surface area contributed by atoms with E-state index in [9.17, 15) is 0 Å². The molecule has 4 heteroatoms. The minimum absolute atomic E-state index is 0.326. The third-order valence-electron chi connectivity index (χ3n) is 3.12. The number of alkyl halides is 1. The molecule has 2 nitrogen and oxygen atoms in total. The number of nitrogens with zero attached hydrogens (tertiary/aromatic N) is 2. The summed E-state index contributed by atoms with van der Waals surface area (Å²) in [5, 5.41) is 3.60. The van der Waals surface area contributed by atoms with Crippen LogP contribution in [0.4, 0.5) is 0 Å². The Morgan fingerprint density at radius 1 is 1.60 bits per heavy atom. The van der Waals surface area contributed by atoms with Crippen molar-refractivity contribution in [3.05, 3.63) is 16.6 Å². The second-order valence-electron chi connectivity index (χ2n) is 4.22. The summed E-state index contributed by atoms with van der Waals surface area (Å²) in [4.78, 5) is 6.80. The van der Waals surface area contributed by atoms with Crippen molar-refractivity contribution in [1.29, 1.82) is 0 Å². The van der Waals surface area contributed by atoms with Gasteiger partial charge in [-0.15, -0.1) is 22.9 Å². The van der Waals surface area contributed by atoms with Gasteiger partial charge < -0.3 is 0 Å². The van der Waals surface area contributed by atoms with Crippen LogP contribution in [0.1, 0.15) is 24.8 Å². The van der Waals surface area contributed by atoms with Crippen LogP contribution in [0.15, 0.2) is 11.6 Å². The van der Waals surface area contributed by atoms with Crippen LogP contribution < -0.4 is 0 Å². The topological polar surface area (TPSA) is 16.1 Å². The molecule has 15 heavy (non-hydrogen) atoms. The Kier molecular flexibility index (Phi) is 4.00. The zero-order valence-electron chi connectivity index (χ0n) is 9.03. The van der Waals surface area contributed by atoms with E-state index in [1.54, 1.807) is 11.3 Å². The molecule has 0 aromatic carbocycles. The molecule has 1 fully saturated rings. The van der Waals surface area contributed by atoms with Gasteiger partial charge in [0.2, 0.25) is 0 Å². The van der Waals surface area contributed by atoms with E-state index in [4.69, 9.17) is 11.6 Å². The van der Waals surface area contributed by atoms with Crippen molar-refractivity contribution in [3.63, 3.8) is 0 Å². The van der Waals surface area contributed by atoms with Crippen molar-refractivity contribution in [1.82, 2.24) is 9.88 Å². The second kappa shape index (κ2) is 5.28. The van der Waals surface area contributed by atoms with E-state index >= 15 is 0 Å². The Labute approximate surface area is 100 Å². The molecule has 0 amide bonds. The van der Waals surface area contributed by atoms with E-state index in [1.807, 2.05) is 11.6 Å². The summed E-state index contributed by atoms with van der Waals surface area (Å²) >= 11 is 7.86. The summed E-state index contributed by atoms with van der Waals surface area (Å²) < 4.78 is 0. The lowest BCUT2D eigenvalue weighted by atomic mass is 9.94. The van der Waals surface area contributed by atoms with Gasteiger partial charge in [-0.2, -0.15) is 0 Å². The number of piperidine rings is 1. The van der Waals surface area contributed by atoms with E-state index in [1.165, 1.54) is 30.9 Å². The molecule has 0 bridgehead atoms. The third kappa shape index (κ3) is 3.16. The van der Waals surface area contributed by atoms with E-state index in [-0.39, 0.29) is 0 Å². The van der Waals surface area contributed by atoms with Crippen LogP contribution in [-0.2, 0) is 6.54 Å². The molecule has 0 N–H and O–H groups in total. The highest BCUT2D eigenvalue weighted by molar-refractivity contribution is 7.09. The van der Waals surface area contributed by atoms with E-state index in [2.05, 4.69) is 16.8 Å². The maximum atomic E-state index is 6.12. The Balaban J connectivity index is 1.79. The predicted octanol–water partition coefficient (Wildman–Crippen LogP) is 2.98. The fourth-order valence-corrected chi connectivity index (χ4v) is 3.00. The predicted molar refractivity (Wildman–Crippen MR) is 65.4 cm³/mol. The number of aromatic nitrogens is 1. The van der Waals surface area contributed by atoms with Gasteiger partial charge in [-0.05, 0) is 38.8 Å².